The maximum atomic E-state index is 13.7. The lowest BCUT2D eigenvalue weighted by Crippen LogP contribution is -2.17. The molecule has 0 aliphatic heterocycles. The average Bonchev–Trinajstić information content (AvgIpc) is 2.71. The van der Waals surface area contributed by atoms with Crippen LogP contribution in [0.1, 0.15) is 32.5 Å². The molecule has 4 heteroatoms. The quantitative estimate of drug-likeness (QED) is 0.797. The topological polar surface area (TPSA) is 29.9 Å². The van der Waals surface area contributed by atoms with Crippen molar-refractivity contribution in [3.05, 3.63) is 29.8 Å². The fourth-order valence-electron chi connectivity index (χ4n) is 2.15. The zero-order chi connectivity index (χ0) is 13.0. The third kappa shape index (κ3) is 2.53. The van der Waals surface area contributed by atoms with Crippen molar-refractivity contribution in [2.75, 3.05) is 6.54 Å². The van der Waals surface area contributed by atoms with E-state index in [0.717, 1.165) is 37.3 Å². The van der Waals surface area contributed by atoms with Crippen molar-refractivity contribution in [1.82, 2.24) is 14.9 Å². The largest absolute Gasteiger partial charge is 0.327 e. The van der Waals surface area contributed by atoms with Crippen LogP contribution in [0, 0.1) is 5.82 Å². The van der Waals surface area contributed by atoms with Crippen molar-refractivity contribution in [1.29, 1.82) is 0 Å². The van der Waals surface area contributed by atoms with Crippen molar-refractivity contribution in [3.63, 3.8) is 0 Å². The van der Waals surface area contributed by atoms with Crippen molar-refractivity contribution >= 4 is 11.0 Å². The summed E-state index contributed by atoms with van der Waals surface area (Å²) in [6.07, 6.45) is 2.10. The summed E-state index contributed by atoms with van der Waals surface area (Å²) in [6, 6.07) is 5.15. The van der Waals surface area contributed by atoms with Crippen LogP contribution in [-0.4, -0.2) is 16.1 Å². The van der Waals surface area contributed by atoms with Gasteiger partial charge in [-0.3, -0.25) is 0 Å². The number of benzene rings is 1. The highest BCUT2D eigenvalue weighted by Gasteiger charge is 2.12. The van der Waals surface area contributed by atoms with Crippen LogP contribution in [-0.2, 0) is 13.1 Å². The SMILES string of the molecule is CCCNCc1nc2c(F)cccc2n1CCC. The van der Waals surface area contributed by atoms with Gasteiger partial charge in [0.15, 0.2) is 5.82 Å². The Kier molecular flexibility index (Phi) is 4.31. The normalized spacial score (nSPS) is 11.3. The van der Waals surface area contributed by atoms with Gasteiger partial charge < -0.3 is 9.88 Å². The third-order valence-corrected chi connectivity index (χ3v) is 2.97. The molecule has 2 aromatic rings. The summed E-state index contributed by atoms with van der Waals surface area (Å²) in [5.41, 5.74) is 1.38. The zero-order valence-electron chi connectivity index (χ0n) is 11.0. The molecule has 0 aliphatic carbocycles. The highest BCUT2D eigenvalue weighted by atomic mass is 19.1. The number of aromatic nitrogens is 2. The van der Waals surface area contributed by atoms with E-state index in [1.54, 1.807) is 6.07 Å². The van der Waals surface area contributed by atoms with E-state index in [0.29, 0.717) is 12.1 Å². The number of rotatable bonds is 6. The lowest BCUT2D eigenvalue weighted by molar-refractivity contribution is 0.595. The number of fused-ring (bicyclic) bond motifs is 1. The van der Waals surface area contributed by atoms with Crippen LogP contribution >= 0.6 is 0 Å². The van der Waals surface area contributed by atoms with Gasteiger partial charge in [-0.25, -0.2) is 9.37 Å². The van der Waals surface area contributed by atoms with Gasteiger partial charge in [0.25, 0.3) is 0 Å². The second-order valence-corrected chi connectivity index (χ2v) is 4.46. The van der Waals surface area contributed by atoms with E-state index in [2.05, 4.69) is 28.7 Å². The molecule has 0 saturated heterocycles. The molecule has 0 aliphatic rings. The van der Waals surface area contributed by atoms with Crippen molar-refractivity contribution in [2.45, 2.75) is 39.8 Å². The third-order valence-electron chi connectivity index (χ3n) is 2.97. The van der Waals surface area contributed by atoms with Gasteiger partial charge in [-0.05, 0) is 31.5 Å². The first-order valence-corrected chi connectivity index (χ1v) is 6.62. The van der Waals surface area contributed by atoms with Gasteiger partial charge in [-0.1, -0.05) is 19.9 Å². The van der Waals surface area contributed by atoms with Crippen LogP contribution < -0.4 is 5.32 Å². The molecule has 0 saturated carbocycles. The Hall–Kier alpha value is -1.42. The second-order valence-electron chi connectivity index (χ2n) is 4.46. The highest BCUT2D eigenvalue weighted by Crippen LogP contribution is 2.19. The first-order valence-electron chi connectivity index (χ1n) is 6.62. The lowest BCUT2D eigenvalue weighted by atomic mass is 10.3. The van der Waals surface area contributed by atoms with E-state index >= 15 is 0 Å². The van der Waals surface area contributed by atoms with Crippen LogP contribution in [0.25, 0.3) is 11.0 Å². The van der Waals surface area contributed by atoms with Gasteiger partial charge in [-0.15, -0.1) is 0 Å². The maximum absolute atomic E-state index is 13.7. The van der Waals surface area contributed by atoms with E-state index in [-0.39, 0.29) is 5.82 Å². The second kappa shape index (κ2) is 5.96. The average molecular weight is 249 g/mol. The van der Waals surface area contributed by atoms with Gasteiger partial charge in [0.2, 0.25) is 0 Å². The van der Waals surface area contributed by atoms with Crippen LogP contribution in [0.2, 0.25) is 0 Å². The maximum Gasteiger partial charge on any atom is 0.151 e. The van der Waals surface area contributed by atoms with Gasteiger partial charge in [-0.2, -0.15) is 0 Å². The minimum atomic E-state index is -0.237. The number of para-hydroxylation sites is 1. The summed E-state index contributed by atoms with van der Waals surface area (Å²) >= 11 is 0. The number of nitrogens with zero attached hydrogens (tertiary/aromatic N) is 2. The number of aryl methyl sites for hydroxylation is 1. The van der Waals surface area contributed by atoms with Crippen LogP contribution in [0.3, 0.4) is 0 Å². The molecular weight excluding hydrogens is 229 g/mol. The van der Waals surface area contributed by atoms with Crippen molar-refractivity contribution in [3.8, 4) is 0 Å². The summed E-state index contributed by atoms with van der Waals surface area (Å²) in [6.45, 7) is 6.78. The number of halogens is 1. The van der Waals surface area contributed by atoms with E-state index in [4.69, 9.17) is 0 Å². The molecule has 0 bridgehead atoms. The number of hydrogen-bond acceptors (Lipinski definition) is 2. The first-order chi connectivity index (χ1) is 8.77. The molecule has 3 nitrogen and oxygen atoms in total. The predicted octanol–water partition coefficient (Wildman–Crippen LogP) is 3.09. The van der Waals surface area contributed by atoms with Crippen LogP contribution in [0.5, 0.6) is 0 Å². The smallest absolute Gasteiger partial charge is 0.151 e. The molecule has 0 spiro atoms. The van der Waals surface area contributed by atoms with Crippen molar-refractivity contribution < 1.29 is 4.39 Å². The molecule has 1 aromatic heterocycles. The molecular formula is C14H20FN3. The summed E-state index contributed by atoms with van der Waals surface area (Å²) in [7, 11) is 0. The van der Waals surface area contributed by atoms with Crippen molar-refractivity contribution in [2.24, 2.45) is 0 Å². The summed E-state index contributed by atoms with van der Waals surface area (Å²) in [5.74, 6) is 0.685. The molecule has 1 aromatic carbocycles. The van der Waals surface area contributed by atoms with Gasteiger partial charge in [0.05, 0.1) is 12.1 Å². The number of hydrogen-bond donors (Lipinski definition) is 1. The van der Waals surface area contributed by atoms with E-state index in [1.807, 2.05) is 6.07 Å². The molecule has 2 rings (SSSR count). The summed E-state index contributed by atoms with van der Waals surface area (Å²) in [4.78, 5) is 4.43. The number of nitrogens with one attached hydrogen (secondary N) is 1. The predicted molar refractivity (Wildman–Crippen MR) is 72.0 cm³/mol. The van der Waals surface area contributed by atoms with Crippen LogP contribution in [0.15, 0.2) is 18.2 Å². The van der Waals surface area contributed by atoms with Gasteiger partial charge in [0.1, 0.15) is 11.3 Å². The summed E-state index contributed by atoms with van der Waals surface area (Å²) < 4.78 is 15.8. The molecule has 0 radical (unpaired) electrons. The fraction of sp³-hybridized carbons (Fsp3) is 0.500. The van der Waals surface area contributed by atoms with E-state index in [9.17, 15) is 4.39 Å². The Morgan fingerprint density at radius 1 is 1.28 bits per heavy atom. The Morgan fingerprint density at radius 2 is 2.11 bits per heavy atom. The zero-order valence-corrected chi connectivity index (χ0v) is 11.0. The molecule has 0 amide bonds. The lowest BCUT2D eigenvalue weighted by Gasteiger charge is -2.08. The Balaban J connectivity index is 2.37. The monoisotopic (exact) mass is 249 g/mol. The Morgan fingerprint density at radius 3 is 2.83 bits per heavy atom. The Bertz CT molecular complexity index is 519. The summed E-state index contributed by atoms with van der Waals surface area (Å²) in [5, 5.41) is 3.32. The molecule has 18 heavy (non-hydrogen) atoms. The standard InChI is InChI=1S/C14H20FN3/c1-3-8-16-10-13-17-14-11(15)6-5-7-12(14)18(13)9-4-2/h5-7,16H,3-4,8-10H2,1-2H3. The molecule has 0 fully saturated rings. The Labute approximate surface area is 107 Å². The van der Waals surface area contributed by atoms with E-state index in [1.165, 1.54) is 6.07 Å². The minimum absolute atomic E-state index is 0.237. The first kappa shape index (κ1) is 13.0. The highest BCUT2D eigenvalue weighted by molar-refractivity contribution is 5.76. The van der Waals surface area contributed by atoms with E-state index < -0.39 is 0 Å². The van der Waals surface area contributed by atoms with Gasteiger partial charge >= 0.3 is 0 Å². The fourth-order valence-corrected chi connectivity index (χ4v) is 2.15. The molecule has 0 unspecified atom stereocenters. The van der Waals surface area contributed by atoms with Crippen LogP contribution in [0.4, 0.5) is 4.39 Å². The van der Waals surface area contributed by atoms with Gasteiger partial charge in [0, 0.05) is 6.54 Å². The number of imidazole rings is 1. The molecule has 0 atom stereocenters. The molecule has 1 N–H and O–H groups in total. The molecule has 98 valence electrons. The molecule has 1 heterocycles. The minimum Gasteiger partial charge on any atom is -0.327 e.